The van der Waals surface area contributed by atoms with Gasteiger partial charge in [-0.25, -0.2) is 27.8 Å². The lowest BCUT2D eigenvalue weighted by Crippen LogP contribution is -2.58. The lowest BCUT2D eigenvalue weighted by Gasteiger charge is -2.47. The van der Waals surface area contributed by atoms with Gasteiger partial charge >= 0.3 is 0 Å². The summed E-state index contributed by atoms with van der Waals surface area (Å²) >= 11 is 0. The van der Waals surface area contributed by atoms with Crippen molar-refractivity contribution in [3.05, 3.63) is 48.9 Å². The van der Waals surface area contributed by atoms with Crippen molar-refractivity contribution in [3.63, 3.8) is 0 Å². The predicted molar refractivity (Wildman–Crippen MR) is 188 cm³/mol. The Kier molecular flexibility index (Phi) is 8.97. The van der Waals surface area contributed by atoms with Gasteiger partial charge in [0.2, 0.25) is 11.9 Å². The van der Waals surface area contributed by atoms with Crippen LogP contribution in [0.3, 0.4) is 0 Å². The molecule has 14 heteroatoms. The van der Waals surface area contributed by atoms with E-state index in [-0.39, 0.29) is 29.7 Å². The summed E-state index contributed by atoms with van der Waals surface area (Å²) in [5.74, 6) is 2.18. The van der Waals surface area contributed by atoms with Gasteiger partial charge in [0.25, 0.3) is 0 Å². The lowest BCUT2D eigenvalue weighted by atomic mass is 9.90. The minimum absolute atomic E-state index is 0.0467. The number of nitrogens with zero attached hydrogens (tertiary/aromatic N) is 7. The van der Waals surface area contributed by atoms with Gasteiger partial charge in [0, 0.05) is 68.7 Å². The Morgan fingerprint density at radius 2 is 1.86 bits per heavy atom. The standard InChI is InChI=1S/C35H45FN8O4S/c1-5-32(45)44-14-7-8-27(44)24-17-39-33(43-19-22(20-43)29-9-6-12-35(2,3)49(29,46)47)25-18-38-31(16-23(24)25)40-30-10-13-37-34(41-30)42-15-11-28(48-4)26(36)21-42/h5,10,13,16-18,22,26-29H,1,6-9,11-12,14-15,19-21H2,2-4H3,(H,37,38,40,41)/t26-,27?,28+,29?/m0/s1. The molecule has 4 aliphatic rings. The third-order valence-corrected chi connectivity index (χ3v) is 14.2. The number of aromatic nitrogens is 4. The number of hydrogen-bond acceptors (Lipinski definition) is 11. The molecule has 4 atom stereocenters. The highest BCUT2D eigenvalue weighted by Crippen LogP contribution is 2.44. The number of pyridine rings is 2. The Bertz CT molecular complexity index is 1850. The Balaban J connectivity index is 1.18. The number of carbonyl (C=O) groups excluding carboxylic acids is 1. The number of rotatable bonds is 8. The Morgan fingerprint density at radius 3 is 2.61 bits per heavy atom. The van der Waals surface area contributed by atoms with E-state index in [0.717, 1.165) is 41.4 Å². The highest BCUT2D eigenvalue weighted by atomic mass is 32.2. The van der Waals surface area contributed by atoms with Crippen LogP contribution in [-0.4, -0.2) is 101 Å². The van der Waals surface area contributed by atoms with Gasteiger partial charge in [-0.3, -0.25) is 4.79 Å². The van der Waals surface area contributed by atoms with Crippen molar-refractivity contribution >= 4 is 49.9 Å². The van der Waals surface area contributed by atoms with E-state index in [1.165, 1.54) is 13.2 Å². The molecule has 49 heavy (non-hydrogen) atoms. The summed E-state index contributed by atoms with van der Waals surface area (Å²) in [6, 6.07) is 3.53. The van der Waals surface area contributed by atoms with E-state index in [4.69, 9.17) is 14.7 Å². The van der Waals surface area contributed by atoms with Crippen LogP contribution in [0.5, 0.6) is 0 Å². The van der Waals surface area contributed by atoms with Gasteiger partial charge in [-0.2, -0.15) is 4.98 Å². The van der Waals surface area contributed by atoms with Crippen LogP contribution in [0.15, 0.2) is 43.4 Å². The van der Waals surface area contributed by atoms with E-state index < -0.39 is 26.9 Å². The second kappa shape index (κ2) is 13.1. The summed E-state index contributed by atoms with van der Waals surface area (Å²) in [6.45, 7) is 10.0. The third kappa shape index (κ3) is 6.11. The molecule has 0 spiro atoms. The normalized spacial score (nSPS) is 26.8. The van der Waals surface area contributed by atoms with Crippen LogP contribution in [0.25, 0.3) is 10.8 Å². The van der Waals surface area contributed by atoms with Crippen LogP contribution in [0.2, 0.25) is 0 Å². The van der Waals surface area contributed by atoms with E-state index in [0.29, 0.717) is 63.0 Å². The average Bonchev–Trinajstić information content (AvgIpc) is 3.55. The second-order valence-corrected chi connectivity index (χ2v) is 17.1. The molecule has 1 amide bonds. The number of halogens is 1. The third-order valence-electron chi connectivity index (χ3n) is 11.0. The van der Waals surface area contributed by atoms with E-state index in [2.05, 4.69) is 26.8 Å². The fraction of sp³-hybridized carbons (Fsp3) is 0.571. The molecule has 3 aromatic rings. The molecule has 1 N–H and O–H groups in total. The SMILES string of the molecule is C=CC(=O)N1CCCC1c1cnc(N2CC(C3CCCC(C)(C)S3(=O)=O)C2)c2cnc(Nc3ccnc(N4CC[C@@H](OC)[C@@H](F)C4)n3)cc12. The molecule has 262 valence electrons. The van der Waals surface area contributed by atoms with Crippen molar-refractivity contribution in [1.29, 1.82) is 0 Å². The zero-order valence-corrected chi connectivity index (χ0v) is 29.2. The van der Waals surface area contributed by atoms with Gasteiger partial charge in [-0.05, 0) is 69.5 Å². The van der Waals surface area contributed by atoms with Gasteiger partial charge in [0.05, 0.1) is 28.7 Å². The van der Waals surface area contributed by atoms with Gasteiger partial charge in [0.1, 0.15) is 23.6 Å². The predicted octanol–water partition coefficient (Wildman–Crippen LogP) is 4.76. The molecule has 0 aromatic carbocycles. The van der Waals surface area contributed by atoms with Gasteiger partial charge in [-0.15, -0.1) is 0 Å². The first kappa shape index (κ1) is 33.6. The van der Waals surface area contributed by atoms with Crippen molar-refractivity contribution in [1.82, 2.24) is 24.8 Å². The number of amides is 1. The molecule has 3 aromatic heterocycles. The summed E-state index contributed by atoms with van der Waals surface area (Å²) in [7, 11) is -1.72. The molecular formula is C35H45FN8O4S. The number of fused-ring (bicyclic) bond motifs is 1. The van der Waals surface area contributed by atoms with E-state index in [9.17, 15) is 17.6 Å². The summed E-state index contributed by atoms with van der Waals surface area (Å²) < 4.78 is 46.1. The fourth-order valence-electron chi connectivity index (χ4n) is 8.08. The molecule has 7 rings (SSSR count). The first-order valence-corrected chi connectivity index (χ1v) is 18.8. The zero-order valence-electron chi connectivity index (χ0n) is 28.4. The fourth-order valence-corrected chi connectivity index (χ4v) is 10.5. The number of hydrogen-bond donors (Lipinski definition) is 1. The molecular weight excluding hydrogens is 648 g/mol. The number of alkyl halides is 1. The van der Waals surface area contributed by atoms with Crippen molar-refractivity contribution in [2.75, 3.05) is 55.0 Å². The van der Waals surface area contributed by atoms with Crippen molar-refractivity contribution in [2.45, 2.75) is 80.7 Å². The van der Waals surface area contributed by atoms with E-state index >= 15 is 0 Å². The quantitative estimate of drug-likeness (QED) is 0.328. The van der Waals surface area contributed by atoms with Crippen LogP contribution in [-0.2, 0) is 19.4 Å². The maximum atomic E-state index is 14.6. The molecule has 4 aliphatic heterocycles. The van der Waals surface area contributed by atoms with Crippen LogP contribution < -0.4 is 15.1 Å². The minimum Gasteiger partial charge on any atom is -0.378 e. The Morgan fingerprint density at radius 1 is 1.04 bits per heavy atom. The summed E-state index contributed by atoms with van der Waals surface area (Å²) in [5.41, 5.74) is 0.920. The molecule has 7 heterocycles. The van der Waals surface area contributed by atoms with Crippen LogP contribution in [0.1, 0.15) is 64.0 Å². The number of piperidine rings is 1. The number of ether oxygens (including phenoxy) is 1. The lowest BCUT2D eigenvalue weighted by molar-refractivity contribution is -0.126. The summed E-state index contributed by atoms with van der Waals surface area (Å²) in [6.07, 6.45) is 9.61. The second-order valence-electron chi connectivity index (χ2n) is 14.3. The number of sulfone groups is 1. The molecule has 0 bridgehead atoms. The number of anilines is 4. The number of nitrogens with one attached hydrogen (secondary N) is 1. The molecule has 4 fully saturated rings. The molecule has 2 unspecified atom stereocenters. The topological polar surface area (TPSA) is 134 Å². The molecule has 4 saturated heterocycles. The number of carbonyl (C=O) groups is 1. The zero-order chi connectivity index (χ0) is 34.5. The number of likely N-dealkylation sites (tertiary alicyclic amines) is 1. The van der Waals surface area contributed by atoms with Crippen molar-refractivity contribution < 1.29 is 22.3 Å². The highest BCUT2D eigenvalue weighted by molar-refractivity contribution is 7.93. The van der Waals surface area contributed by atoms with Gasteiger partial charge in [0.15, 0.2) is 9.84 Å². The van der Waals surface area contributed by atoms with Crippen molar-refractivity contribution in [3.8, 4) is 0 Å². The average molecular weight is 693 g/mol. The summed E-state index contributed by atoms with van der Waals surface area (Å²) in [4.78, 5) is 37.4. The van der Waals surface area contributed by atoms with Gasteiger partial charge in [-0.1, -0.05) is 13.0 Å². The first-order valence-electron chi connectivity index (χ1n) is 17.2. The minimum atomic E-state index is -3.25. The maximum Gasteiger partial charge on any atom is 0.246 e. The maximum absolute atomic E-state index is 14.6. The number of methoxy groups -OCH3 is 1. The molecule has 0 saturated carbocycles. The first-order chi connectivity index (χ1) is 23.5. The smallest absolute Gasteiger partial charge is 0.246 e. The van der Waals surface area contributed by atoms with Crippen LogP contribution in [0, 0.1) is 5.92 Å². The summed E-state index contributed by atoms with van der Waals surface area (Å²) in [5, 5.41) is 4.71. The van der Waals surface area contributed by atoms with E-state index in [1.54, 1.807) is 18.5 Å². The molecule has 12 nitrogen and oxygen atoms in total. The molecule has 0 radical (unpaired) electrons. The van der Waals surface area contributed by atoms with Gasteiger partial charge < -0.3 is 24.8 Å². The highest BCUT2D eigenvalue weighted by Gasteiger charge is 2.50. The Labute approximate surface area is 287 Å². The monoisotopic (exact) mass is 692 g/mol. The van der Waals surface area contributed by atoms with Crippen LogP contribution in [0.4, 0.5) is 27.8 Å². The van der Waals surface area contributed by atoms with E-state index in [1.807, 2.05) is 35.9 Å². The Hall–Kier alpha value is -3.91. The van der Waals surface area contributed by atoms with Crippen molar-refractivity contribution in [2.24, 2.45) is 5.92 Å². The molecule has 0 aliphatic carbocycles. The van der Waals surface area contributed by atoms with Crippen LogP contribution >= 0.6 is 0 Å². The largest absolute Gasteiger partial charge is 0.378 e.